The maximum Gasteiger partial charge on any atom is 0.275 e. The fourth-order valence-electron chi connectivity index (χ4n) is 4.23. The lowest BCUT2D eigenvalue weighted by Gasteiger charge is -2.37. The molecule has 5 heteroatoms. The van der Waals surface area contributed by atoms with Crippen molar-refractivity contribution in [2.45, 2.75) is 38.1 Å². The van der Waals surface area contributed by atoms with Crippen molar-refractivity contribution in [3.05, 3.63) is 80.4 Å². The second-order valence-electron chi connectivity index (χ2n) is 7.41. The highest BCUT2D eigenvalue weighted by atomic mass is 35.5. The number of nitrogens with zero attached hydrogens (tertiary/aromatic N) is 1. The fraction of sp³-hybridized carbons (Fsp3) is 0.333. The van der Waals surface area contributed by atoms with Gasteiger partial charge in [-0.3, -0.25) is 10.1 Å². The Morgan fingerprint density at radius 3 is 2.58 bits per heavy atom. The van der Waals surface area contributed by atoms with E-state index >= 15 is 0 Å². The first-order valence-electron chi connectivity index (χ1n) is 8.97. The summed E-state index contributed by atoms with van der Waals surface area (Å²) in [6.45, 7) is 4.36. The molecule has 0 bridgehead atoms. The van der Waals surface area contributed by atoms with Gasteiger partial charge in [-0.05, 0) is 35.4 Å². The van der Waals surface area contributed by atoms with E-state index in [9.17, 15) is 10.1 Å². The Kier molecular flexibility index (Phi) is 4.23. The number of anilines is 1. The van der Waals surface area contributed by atoms with Crippen molar-refractivity contribution in [2.24, 2.45) is 5.92 Å². The summed E-state index contributed by atoms with van der Waals surface area (Å²) in [7, 11) is 0. The molecule has 3 atom stereocenters. The number of nitro benzene ring substituents is 1. The van der Waals surface area contributed by atoms with Crippen molar-refractivity contribution < 1.29 is 4.92 Å². The van der Waals surface area contributed by atoms with E-state index in [2.05, 4.69) is 55.6 Å². The molecule has 2 aromatic carbocycles. The Bertz CT molecular complexity index is 890. The zero-order chi connectivity index (χ0) is 18.4. The van der Waals surface area contributed by atoms with Gasteiger partial charge in [0.15, 0.2) is 0 Å². The molecule has 0 fully saturated rings. The number of allylic oxidation sites excluding steroid dienone is 2. The number of hydrogen-bond acceptors (Lipinski definition) is 3. The van der Waals surface area contributed by atoms with Gasteiger partial charge in [0.25, 0.3) is 5.69 Å². The summed E-state index contributed by atoms with van der Waals surface area (Å²) >= 11 is 6.42. The average Bonchev–Trinajstić information content (AvgIpc) is 3.11. The van der Waals surface area contributed by atoms with Gasteiger partial charge in [-0.25, -0.2) is 0 Å². The summed E-state index contributed by atoms with van der Waals surface area (Å²) in [6, 6.07) is 11.9. The summed E-state index contributed by atoms with van der Waals surface area (Å²) in [5.74, 6) is 0.756. The van der Waals surface area contributed by atoms with Crippen LogP contribution in [0.3, 0.4) is 0 Å². The quantitative estimate of drug-likeness (QED) is 0.398. The molecule has 134 valence electrons. The van der Waals surface area contributed by atoms with Gasteiger partial charge in [-0.2, -0.15) is 0 Å². The van der Waals surface area contributed by atoms with Crippen LogP contribution in [0.15, 0.2) is 48.6 Å². The van der Waals surface area contributed by atoms with Gasteiger partial charge in [0.2, 0.25) is 0 Å². The maximum absolute atomic E-state index is 11.5. The van der Waals surface area contributed by atoms with Crippen LogP contribution in [0.4, 0.5) is 11.4 Å². The van der Waals surface area contributed by atoms with Crippen LogP contribution >= 0.6 is 11.6 Å². The molecule has 1 aliphatic heterocycles. The monoisotopic (exact) mass is 368 g/mol. The third-order valence-corrected chi connectivity index (χ3v) is 5.92. The van der Waals surface area contributed by atoms with Crippen LogP contribution in [0.5, 0.6) is 0 Å². The van der Waals surface area contributed by atoms with E-state index in [4.69, 9.17) is 11.6 Å². The molecule has 4 rings (SSSR count). The zero-order valence-electron chi connectivity index (χ0n) is 14.8. The molecule has 0 aromatic heterocycles. The van der Waals surface area contributed by atoms with Crippen LogP contribution in [0, 0.1) is 16.0 Å². The normalized spacial score (nSPS) is 23.5. The van der Waals surface area contributed by atoms with E-state index in [1.165, 1.54) is 17.2 Å². The third-order valence-electron chi connectivity index (χ3n) is 5.60. The van der Waals surface area contributed by atoms with Crippen LogP contribution in [0.25, 0.3) is 0 Å². The molecule has 4 nitrogen and oxygen atoms in total. The molecular weight excluding hydrogens is 348 g/mol. The Morgan fingerprint density at radius 2 is 1.92 bits per heavy atom. The van der Waals surface area contributed by atoms with Crippen molar-refractivity contribution in [2.75, 3.05) is 5.32 Å². The molecule has 1 heterocycles. The lowest BCUT2D eigenvalue weighted by atomic mass is 9.76. The van der Waals surface area contributed by atoms with E-state index in [-0.39, 0.29) is 28.5 Å². The van der Waals surface area contributed by atoms with Gasteiger partial charge in [0.05, 0.1) is 27.2 Å². The second kappa shape index (κ2) is 6.44. The molecule has 0 spiro atoms. The van der Waals surface area contributed by atoms with E-state index in [0.29, 0.717) is 16.6 Å². The molecule has 0 radical (unpaired) electrons. The number of fused-ring (bicyclic) bond motifs is 3. The molecule has 0 unspecified atom stereocenters. The van der Waals surface area contributed by atoms with Crippen molar-refractivity contribution >= 4 is 23.0 Å². The minimum Gasteiger partial charge on any atom is -0.376 e. The summed E-state index contributed by atoms with van der Waals surface area (Å²) < 4.78 is 0. The van der Waals surface area contributed by atoms with Crippen molar-refractivity contribution in [1.29, 1.82) is 0 Å². The molecule has 2 aliphatic rings. The van der Waals surface area contributed by atoms with Crippen LogP contribution in [0.2, 0.25) is 5.02 Å². The first kappa shape index (κ1) is 17.1. The van der Waals surface area contributed by atoms with Gasteiger partial charge in [-0.15, -0.1) is 0 Å². The summed E-state index contributed by atoms with van der Waals surface area (Å²) in [4.78, 5) is 11.2. The molecule has 0 amide bonds. The number of rotatable bonds is 3. The first-order valence-corrected chi connectivity index (χ1v) is 9.35. The Hall–Kier alpha value is -2.33. The summed E-state index contributed by atoms with van der Waals surface area (Å²) in [5, 5.41) is 15.6. The van der Waals surface area contributed by atoms with Crippen molar-refractivity contribution in [1.82, 2.24) is 0 Å². The minimum absolute atomic E-state index is 0.0140. The van der Waals surface area contributed by atoms with Gasteiger partial charge < -0.3 is 5.32 Å². The smallest absolute Gasteiger partial charge is 0.275 e. The van der Waals surface area contributed by atoms with Gasteiger partial charge in [-0.1, -0.05) is 61.9 Å². The van der Waals surface area contributed by atoms with Crippen LogP contribution in [-0.4, -0.2) is 4.92 Å². The van der Waals surface area contributed by atoms with Crippen LogP contribution in [-0.2, 0) is 0 Å². The molecule has 1 N–H and O–H groups in total. The topological polar surface area (TPSA) is 55.2 Å². The third kappa shape index (κ3) is 2.69. The maximum atomic E-state index is 11.5. The van der Waals surface area contributed by atoms with E-state index in [1.807, 2.05) is 0 Å². The van der Waals surface area contributed by atoms with Gasteiger partial charge >= 0.3 is 0 Å². The molecule has 2 aromatic rings. The number of halogens is 1. The Labute approximate surface area is 158 Å². The highest BCUT2D eigenvalue weighted by Crippen LogP contribution is 2.54. The van der Waals surface area contributed by atoms with Crippen LogP contribution < -0.4 is 5.32 Å². The zero-order valence-corrected chi connectivity index (χ0v) is 15.5. The molecule has 26 heavy (non-hydrogen) atoms. The highest BCUT2D eigenvalue weighted by molar-refractivity contribution is 6.33. The van der Waals surface area contributed by atoms with E-state index < -0.39 is 0 Å². The van der Waals surface area contributed by atoms with Gasteiger partial charge in [0.1, 0.15) is 0 Å². The summed E-state index contributed by atoms with van der Waals surface area (Å²) in [5.41, 5.74) is 4.07. The number of nitro groups is 1. The lowest BCUT2D eigenvalue weighted by molar-refractivity contribution is -0.385. The van der Waals surface area contributed by atoms with E-state index in [0.717, 1.165) is 12.0 Å². The number of hydrogen-bond donors (Lipinski definition) is 1. The average molecular weight is 369 g/mol. The standard InChI is InChI=1S/C21H21ClN2O2/c1-12(2)13-6-8-14(9-7-13)20-16-5-3-4-15(16)19-18(24(25)26)11-10-17(22)21(19)23-20/h3-4,6-12,15-16,20,23H,5H2,1-2H3/t15-,16+,20+/m1/s1. The molecule has 0 saturated carbocycles. The number of benzene rings is 2. The second-order valence-corrected chi connectivity index (χ2v) is 7.82. The SMILES string of the molecule is CC(C)c1ccc([C@@H]2Nc3c(Cl)ccc([N+](=O)[O-])c3[C@@H]3C=CC[C@@H]32)cc1. The van der Waals surface area contributed by atoms with Crippen molar-refractivity contribution in [3.8, 4) is 0 Å². The van der Waals surface area contributed by atoms with Crippen LogP contribution in [0.1, 0.15) is 54.8 Å². The lowest BCUT2D eigenvalue weighted by Crippen LogP contribution is -2.29. The summed E-state index contributed by atoms with van der Waals surface area (Å²) in [6.07, 6.45) is 5.13. The predicted molar refractivity (Wildman–Crippen MR) is 105 cm³/mol. The first-order chi connectivity index (χ1) is 12.5. The fourth-order valence-corrected chi connectivity index (χ4v) is 4.45. The largest absolute Gasteiger partial charge is 0.376 e. The molecule has 0 saturated heterocycles. The van der Waals surface area contributed by atoms with E-state index in [1.54, 1.807) is 6.07 Å². The minimum atomic E-state index is -0.308. The molecular formula is C21H21ClN2O2. The van der Waals surface area contributed by atoms with Crippen molar-refractivity contribution in [3.63, 3.8) is 0 Å². The van der Waals surface area contributed by atoms with Gasteiger partial charge in [0, 0.05) is 12.0 Å². The molecule has 1 aliphatic carbocycles. The Morgan fingerprint density at radius 1 is 1.19 bits per heavy atom. The Balaban J connectivity index is 1.80. The number of nitrogens with one attached hydrogen (secondary N) is 1. The predicted octanol–water partition coefficient (Wildman–Crippen LogP) is 6.20. The highest BCUT2D eigenvalue weighted by Gasteiger charge is 2.42.